The van der Waals surface area contributed by atoms with E-state index in [1.165, 1.54) is 0 Å². The number of halogens is 2. The molecule has 0 spiro atoms. The van der Waals surface area contributed by atoms with Crippen LogP contribution in [-0.4, -0.2) is 50.9 Å². The summed E-state index contributed by atoms with van der Waals surface area (Å²) in [7, 11) is 0. The number of piperidine rings is 1. The minimum Gasteiger partial charge on any atom is -0.463 e. The Hall–Kier alpha value is -2.38. The van der Waals surface area contributed by atoms with Crippen molar-refractivity contribution in [3.8, 4) is 5.75 Å². The number of rotatable bonds is 6. The first kappa shape index (κ1) is 21.5. The molecular weight excluding hydrogens is 447 g/mol. The fourth-order valence-electron chi connectivity index (χ4n) is 4.34. The second-order valence-electron chi connectivity index (χ2n) is 8.20. The number of para-hydroxylation sites is 2. The molecule has 0 unspecified atom stereocenters. The van der Waals surface area contributed by atoms with Crippen LogP contribution < -0.4 is 4.74 Å². The zero-order valence-electron chi connectivity index (χ0n) is 17.5. The van der Waals surface area contributed by atoms with Gasteiger partial charge in [-0.25, -0.2) is 4.98 Å². The van der Waals surface area contributed by atoms with Crippen LogP contribution in [0.25, 0.3) is 21.9 Å². The van der Waals surface area contributed by atoms with Crippen molar-refractivity contribution in [1.82, 2.24) is 19.9 Å². The van der Waals surface area contributed by atoms with Gasteiger partial charge in [-0.05, 0) is 50.2 Å². The first-order valence-electron chi connectivity index (χ1n) is 10.8. The standard InChI is InChI=1S/C24H24Cl2N4O2/c25-17-13-20-16(5-9-27-20)24(23(17)26)32-22(31)8-12-30-10-6-15(7-11-30)21-14-28-18-3-1-2-4-19(18)29-21/h1-5,9,13-15,22,27,31H,6-8,10-12H2/t22-/m0/s1. The summed E-state index contributed by atoms with van der Waals surface area (Å²) in [6.45, 7) is 2.64. The van der Waals surface area contributed by atoms with Crippen molar-refractivity contribution >= 4 is 45.1 Å². The Morgan fingerprint density at radius 3 is 2.75 bits per heavy atom. The Labute approximate surface area is 196 Å². The van der Waals surface area contributed by atoms with E-state index in [1.54, 1.807) is 12.3 Å². The summed E-state index contributed by atoms with van der Waals surface area (Å²) in [5.41, 5.74) is 3.77. The maximum absolute atomic E-state index is 10.5. The van der Waals surface area contributed by atoms with E-state index < -0.39 is 6.29 Å². The van der Waals surface area contributed by atoms with Gasteiger partial charge in [-0.1, -0.05) is 35.3 Å². The average molecular weight is 471 g/mol. The van der Waals surface area contributed by atoms with Crippen LogP contribution in [0.5, 0.6) is 5.75 Å². The molecule has 1 aliphatic rings. The number of hydrogen-bond acceptors (Lipinski definition) is 5. The van der Waals surface area contributed by atoms with E-state index in [9.17, 15) is 5.11 Å². The Morgan fingerprint density at radius 1 is 1.16 bits per heavy atom. The summed E-state index contributed by atoms with van der Waals surface area (Å²) in [6, 6.07) is 11.6. The molecule has 0 bridgehead atoms. The van der Waals surface area contributed by atoms with E-state index in [0.29, 0.717) is 28.1 Å². The van der Waals surface area contributed by atoms with Gasteiger partial charge >= 0.3 is 0 Å². The highest BCUT2D eigenvalue weighted by Crippen LogP contribution is 2.39. The van der Waals surface area contributed by atoms with Crippen molar-refractivity contribution in [1.29, 1.82) is 0 Å². The van der Waals surface area contributed by atoms with Crippen LogP contribution >= 0.6 is 23.2 Å². The maximum atomic E-state index is 10.5. The molecule has 5 rings (SSSR count). The molecule has 0 radical (unpaired) electrons. The molecule has 4 aromatic rings. The van der Waals surface area contributed by atoms with E-state index in [4.69, 9.17) is 32.9 Å². The molecule has 166 valence electrons. The van der Waals surface area contributed by atoms with Crippen LogP contribution in [-0.2, 0) is 0 Å². The summed E-state index contributed by atoms with van der Waals surface area (Å²) in [4.78, 5) is 14.8. The SMILES string of the molecule is O[C@H](CCN1CCC(c2cnc3ccccc3n2)CC1)Oc1c(Cl)c(Cl)cc2[nH]ccc12. The minimum atomic E-state index is -0.965. The molecule has 0 saturated carbocycles. The van der Waals surface area contributed by atoms with E-state index in [1.807, 2.05) is 36.5 Å². The number of aromatic amines is 1. The third-order valence-electron chi connectivity index (χ3n) is 6.12. The number of nitrogens with zero attached hydrogens (tertiary/aromatic N) is 3. The maximum Gasteiger partial charge on any atom is 0.198 e. The number of aliphatic hydroxyl groups is 1. The third-order valence-corrected chi connectivity index (χ3v) is 6.89. The average Bonchev–Trinajstić information content (AvgIpc) is 3.29. The fraction of sp³-hybridized carbons (Fsp3) is 0.333. The van der Waals surface area contributed by atoms with Crippen molar-refractivity contribution in [2.24, 2.45) is 0 Å². The molecule has 2 aromatic heterocycles. The van der Waals surface area contributed by atoms with Gasteiger partial charge in [0.15, 0.2) is 12.0 Å². The minimum absolute atomic E-state index is 0.315. The van der Waals surface area contributed by atoms with Gasteiger partial charge in [0.2, 0.25) is 0 Å². The van der Waals surface area contributed by atoms with Crippen molar-refractivity contribution in [3.05, 3.63) is 64.5 Å². The lowest BCUT2D eigenvalue weighted by atomic mass is 9.93. The van der Waals surface area contributed by atoms with Gasteiger partial charge < -0.3 is 19.7 Å². The van der Waals surface area contributed by atoms with Gasteiger partial charge in [-0.15, -0.1) is 0 Å². The molecule has 0 amide bonds. The topological polar surface area (TPSA) is 74.3 Å². The number of ether oxygens (including phenoxy) is 1. The summed E-state index contributed by atoms with van der Waals surface area (Å²) >= 11 is 12.5. The zero-order chi connectivity index (χ0) is 22.1. The molecule has 1 fully saturated rings. The molecule has 1 saturated heterocycles. The number of aromatic nitrogens is 3. The monoisotopic (exact) mass is 470 g/mol. The molecule has 3 heterocycles. The van der Waals surface area contributed by atoms with Crippen molar-refractivity contribution in [2.75, 3.05) is 19.6 Å². The summed E-state index contributed by atoms with van der Waals surface area (Å²) < 4.78 is 5.79. The van der Waals surface area contributed by atoms with Crippen LogP contribution in [0.3, 0.4) is 0 Å². The molecule has 32 heavy (non-hydrogen) atoms. The quantitative estimate of drug-likeness (QED) is 0.369. The summed E-state index contributed by atoms with van der Waals surface area (Å²) in [6.07, 6.45) is 5.27. The number of fused-ring (bicyclic) bond motifs is 2. The highest BCUT2D eigenvalue weighted by molar-refractivity contribution is 6.44. The van der Waals surface area contributed by atoms with Crippen LogP contribution in [0.4, 0.5) is 0 Å². The molecule has 2 N–H and O–H groups in total. The first-order valence-corrected chi connectivity index (χ1v) is 11.6. The van der Waals surface area contributed by atoms with Gasteiger partial charge in [-0.3, -0.25) is 4.98 Å². The number of H-pyrrole nitrogens is 1. The van der Waals surface area contributed by atoms with Crippen molar-refractivity contribution in [3.63, 3.8) is 0 Å². The normalized spacial score (nSPS) is 16.6. The highest BCUT2D eigenvalue weighted by Gasteiger charge is 2.23. The number of likely N-dealkylation sites (tertiary alicyclic amines) is 1. The predicted molar refractivity (Wildman–Crippen MR) is 128 cm³/mol. The summed E-state index contributed by atoms with van der Waals surface area (Å²) in [5.74, 6) is 0.827. The Kier molecular flexibility index (Phi) is 6.20. The largest absolute Gasteiger partial charge is 0.463 e. The Balaban J connectivity index is 1.16. The first-order chi connectivity index (χ1) is 15.6. The van der Waals surface area contributed by atoms with Crippen molar-refractivity contribution in [2.45, 2.75) is 31.5 Å². The van der Waals surface area contributed by atoms with Crippen LogP contribution in [0.1, 0.15) is 30.9 Å². The molecule has 0 aliphatic carbocycles. The van der Waals surface area contributed by atoms with Gasteiger partial charge in [0.05, 0.1) is 27.3 Å². The lowest BCUT2D eigenvalue weighted by molar-refractivity contribution is -0.0289. The lowest BCUT2D eigenvalue weighted by Gasteiger charge is -2.32. The smallest absolute Gasteiger partial charge is 0.198 e. The molecule has 1 atom stereocenters. The Morgan fingerprint density at radius 2 is 1.94 bits per heavy atom. The molecule has 2 aromatic carbocycles. The number of nitrogens with one attached hydrogen (secondary N) is 1. The lowest BCUT2D eigenvalue weighted by Crippen LogP contribution is -2.36. The second kappa shape index (κ2) is 9.24. The van der Waals surface area contributed by atoms with E-state index in [2.05, 4.69) is 14.9 Å². The van der Waals surface area contributed by atoms with Crippen LogP contribution in [0.15, 0.2) is 48.8 Å². The summed E-state index contributed by atoms with van der Waals surface area (Å²) in [5, 5.41) is 12.0. The fourth-order valence-corrected chi connectivity index (χ4v) is 4.74. The van der Waals surface area contributed by atoms with E-state index in [-0.39, 0.29) is 0 Å². The van der Waals surface area contributed by atoms with Gasteiger partial charge in [-0.2, -0.15) is 0 Å². The second-order valence-corrected chi connectivity index (χ2v) is 8.99. The molecule has 6 nitrogen and oxygen atoms in total. The van der Waals surface area contributed by atoms with E-state index in [0.717, 1.165) is 60.1 Å². The number of aliphatic hydroxyl groups excluding tert-OH is 1. The van der Waals surface area contributed by atoms with Gasteiger partial charge in [0, 0.05) is 36.7 Å². The molecule has 8 heteroatoms. The zero-order valence-corrected chi connectivity index (χ0v) is 19.0. The predicted octanol–water partition coefficient (Wildman–Crippen LogP) is 5.38. The van der Waals surface area contributed by atoms with Crippen molar-refractivity contribution < 1.29 is 9.84 Å². The molecule has 1 aliphatic heterocycles. The number of benzene rings is 2. The number of hydrogen-bond donors (Lipinski definition) is 2. The highest BCUT2D eigenvalue weighted by atomic mass is 35.5. The van der Waals surface area contributed by atoms with Gasteiger partial charge in [0.25, 0.3) is 0 Å². The molecular formula is C24H24Cl2N4O2. The van der Waals surface area contributed by atoms with Crippen LogP contribution in [0, 0.1) is 0 Å². The van der Waals surface area contributed by atoms with E-state index >= 15 is 0 Å². The third kappa shape index (κ3) is 4.41. The Bertz CT molecular complexity index is 1240. The van der Waals surface area contributed by atoms with Crippen LogP contribution in [0.2, 0.25) is 10.0 Å². The van der Waals surface area contributed by atoms with Gasteiger partial charge in [0.1, 0.15) is 5.02 Å².